The molecular weight excluding hydrogens is 283 g/mol. The van der Waals surface area contributed by atoms with Gasteiger partial charge in [0.2, 0.25) is 0 Å². The average molecular weight is 302 g/mol. The first-order valence-electron chi connectivity index (χ1n) is 7.00. The van der Waals surface area contributed by atoms with E-state index < -0.39 is 0 Å². The van der Waals surface area contributed by atoms with E-state index in [1.807, 2.05) is 12.1 Å². The van der Waals surface area contributed by atoms with Gasteiger partial charge >= 0.3 is 0 Å². The summed E-state index contributed by atoms with van der Waals surface area (Å²) in [5.41, 5.74) is 0.982. The number of aliphatic imine (C=N–C) groups is 1. The third-order valence-electron chi connectivity index (χ3n) is 2.89. The molecule has 116 valence electrons. The van der Waals surface area contributed by atoms with Crippen molar-refractivity contribution >= 4 is 5.96 Å². The largest absolute Gasteiger partial charge is 0.490 e. The second-order valence-corrected chi connectivity index (χ2v) is 4.52. The van der Waals surface area contributed by atoms with Crippen LogP contribution in [0.25, 0.3) is 0 Å². The van der Waals surface area contributed by atoms with Crippen LogP contribution in [0.15, 0.2) is 53.8 Å². The average Bonchev–Trinajstić information content (AvgIpc) is 2.57. The van der Waals surface area contributed by atoms with Gasteiger partial charge in [0.15, 0.2) is 5.96 Å². The van der Waals surface area contributed by atoms with Gasteiger partial charge in [-0.3, -0.25) is 9.98 Å². The Morgan fingerprint density at radius 1 is 1.23 bits per heavy atom. The number of ether oxygens (including phenoxy) is 1. The molecule has 2 rings (SSSR count). The van der Waals surface area contributed by atoms with Gasteiger partial charge < -0.3 is 15.4 Å². The maximum absolute atomic E-state index is 12.8. The summed E-state index contributed by atoms with van der Waals surface area (Å²) < 4.78 is 18.3. The molecule has 1 aromatic carbocycles. The van der Waals surface area contributed by atoms with Crippen molar-refractivity contribution in [2.45, 2.75) is 6.54 Å². The zero-order chi connectivity index (χ0) is 15.6. The minimum Gasteiger partial charge on any atom is -0.490 e. The molecule has 0 bridgehead atoms. The molecule has 2 N–H and O–H groups in total. The quantitative estimate of drug-likeness (QED) is 0.486. The standard InChI is InChI=1S/C16H19FN4O/c1-18-16(21-11-13-4-6-14(17)7-5-13)20-9-10-22-15-3-2-8-19-12-15/h2-8,12H,9-11H2,1H3,(H2,18,20,21). The topological polar surface area (TPSA) is 58.5 Å². The number of hydrogen-bond donors (Lipinski definition) is 2. The Morgan fingerprint density at radius 2 is 2.05 bits per heavy atom. The second kappa shape index (κ2) is 8.61. The number of rotatable bonds is 6. The molecule has 0 saturated carbocycles. The zero-order valence-electron chi connectivity index (χ0n) is 12.4. The summed E-state index contributed by atoms with van der Waals surface area (Å²) in [5.74, 6) is 1.16. The van der Waals surface area contributed by atoms with E-state index in [1.165, 1.54) is 12.1 Å². The molecule has 0 atom stereocenters. The van der Waals surface area contributed by atoms with E-state index in [2.05, 4.69) is 20.6 Å². The van der Waals surface area contributed by atoms with Gasteiger partial charge in [0.05, 0.1) is 12.7 Å². The fourth-order valence-corrected chi connectivity index (χ4v) is 1.78. The van der Waals surface area contributed by atoms with Crippen LogP contribution in [-0.4, -0.2) is 31.1 Å². The third-order valence-corrected chi connectivity index (χ3v) is 2.89. The van der Waals surface area contributed by atoms with Crippen LogP contribution in [0.5, 0.6) is 5.75 Å². The summed E-state index contributed by atoms with van der Waals surface area (Å²) in [6.07, 6.45) is 3.37. The van der Waals surface area contributed by atoms with Crippen molar-refractivity contribution in [1.29, 1.82) is 0 Å². The molecule has 1 aromatic heterocycles. The zero-order valence-corrected chi connectivity index (χ0v) is 12.4. The summed E-state index contributed by atoms with van der Waals surface area (Å²) in [7, 11) is 1.70. The first-order valence-corrected chi connectivity index (χ1v) is 7.00. The van der Waals surface area contributed by atoms with Gasteiger partial charge in [-0.2, -0.15) is 0 Å². The lowest BCUT2D eigenvalue weighted by Gasteiger charge is -2.12. The molecule has 2 aromatic rings. The number of halogens is 1. The lowest BCUT2D eigenvalue weighted by molar-refractivity contribution is 0.320. The maximum Gasteiger partial charge on any atom is 0.191 e. The summed E-state index contributed by atoms with van der Waals surface area (Å²) >= 11 is 0. The van der Waals surface area contributed by atoms with Gasteiger partial charge in [0, 0.05) is 19.8 Å². The SMILES string of the molecule is CN=C(NCCOc1cccnc1)NCc1ccc(F)cc1. The number of guanidine groups is 1. The number of pyridine rings is 1. The van der Waals surface area contributed by atoms with Crippen molar-refractivity contribution in [2.24, 2.45) is 4.99 Å². The molecule has 22 heavy (non-hydrogen) atoms. The van der Waals surface area contributed by atoms with Crippen LogP contribution >= 0.6 is 0 Å². The molecule has 0 fully saturated rings. The molecule has 0 saturated heterocycles. The lowest BCUT2D eigenvalue weighted by atomic mass is 10.2. The molecule has 0 spiro atoms. The van der Waals surface area contributed by atoms with Crippen molar-refractivity contribution in [3.05, 3.63) is 60.2 Å². The van der Waals surface area contributed by atoms with Crippen molar-refractivity contribution in [3.8, 4) is 5.75 Å². The van der Waals surface area contributed by atoms with E-state index in [9.17, 15) is 4.39 Å². The number of nitrogens with zero attached hydrogens (tertiary/aromatic N) is 2. The van der Waals surface area contributed by atoms with Crippen LogP contribution in [0.4, 0.5) is 4.39 Å². The Balaban J connectivity index is 1.68. The predicted octanol–water partition coefficient (Wildman–Crippen LogP) is 1.96. The highest BCUT2D eigenvalue weighted by molar-refractivity contribution is 5.79. The summed E-state index contributed by atoms with van der Waals surface area (Å²) in [6, 6.07) is 10.0. The minimum absolute atomic E-state index is 0.237. The van der Waals surface area contributed by atoms with E-state index in [4.69, 9.17) is 4.74 Å². The molecule has 0 aliphatic carbocycles. The van der Waals surface area contributed by atoms with Crippen LogP contribution in [0.2, 0.25) is 0 Å². The fourth-order valence-electron chi connectivity index (χ4n) is 1.78. The minimum atomic E-state index is -0.237. The first kappa shape index (κ1) is 15.8. The summed E-state index contributed by atoms with van der Waals surface area (Å²) in [5, 5.41) is 6.29. The predicted molar refractivity (Wildman–Crippen MR) is 84.3 cm³/mol. The summed E-state index contributed by atoms with van der Waals surface area (Å²) in [4.78, 5) is 8.09. The molecular formula is C16H19FN4O. The van der Waals surface area contributed by atoms with Gasteiger partial charge in [0.25, 0.3) is 0 Å². The summed E-state index contributed by atoms with van der Waals surface area (Å²) in [6.45, 7) is 1.68. The normalized spacial score (nSPS) is 11.1. The van der Waals surface area contributed by atoms with Crippen LogP contribution in [-0.2, 0) is 6.54 Å². The monoisotopic (exact) mass is 302 g/mol. The Kier molecular flexibility index (Phi) is 6.17. The molecule has 5 nitrogen and oxygen atoms in total. The van der Waals surface area contributed by atoms with Crippen molar-refractivity contribution < 1.29 is 9.13 Å². The molecule has 6 heteroatoms. The number of aromatic nitrogens is 1. The lowest BCUT2D eigenvalue weighted by Crippen LogP contribution is -2.38. The first-order chi connectivity index (χ1) is 10.8. The van der Waals surface area contributed by atoms with Crippen LogP contribution in [0, 0.1) is 5.82 Å². The smallest absolute Gasteiger partial charge is 0.191 e. The van der Waals surface area contributed by atoms with Crippen LogP contribution in [0.3, 0.4) is 0 Å². The highest BCUT2D eigenvalue weighted by atomic mass is 19.1. The number of nitrogens with one attached hydrogen (secondary N) is 2. The van der Waals surface area contributed by atoms with Gasteiger partial charge in [-0.25, -0.2) is 4.39 Å². The molecule has 0 aliphatic heterocycles. The van der Waals surface area contributed by atoms with Crippen LogP contribution < -0.4 is 15.4 Å². The third kappa shape index (κ3) is 5.40. The van der Waals surface area contributed by atoms with E-state index in [1.54, 1.807) is 31.6 Å². The van der Waals surface area contributed by atoms with Crippen LogP contribution in [0.1, 0.15) is 5.56 Å². The number of hydrogen-bond acceptors (Lipinski definition) is 3. The Morgan fingerprint density at radius 3 is 2.73 bits per heavy atom. The van der Waals surface area contributed by atoms with E-state index >= 15 is 0 Å². The molecule has 0 radical (unpaired) electrons. The van der Waals surface area contributed by atoms with Crippen molar-refractivity contribution in [1.82, 2.24) is 15.6 Å². The maximum atomic E-state index is 12.8. The van der Waals surface area contributed by atoms with Crippen molar-refractivity contribution in [3.63, 3.8) is 0 Å². The van der Waals surface area contributed by atoms with Gasteiger partial charge in [-0.05, 0) is 29.8 Å². The Labute approximate surface area is 129 Å². The van der Waals surface area contributed by atoms with E-state index in [0.29, 0.717) is 25.7 Å². The Bertz CT molecular complexity index is 587. The molecule has 0 aliphatic rings. The molecule has 0 unspecified atom stereocenters. The molecule has 1 heterocycles. The van der Waals surface area contributed by atoms with Gasteiger partial charge in [-0.1, -0.05) is 12.1 Å². The number of benzene rings is 1. The van der Waals surface area contributed by atoms with E-state index in [-0.39, 0.29) is 5.82 Å². The Hall–Kier alpha value is -2.63. The van der Waals surface area contributed by atoms with Crippen molar-refractivity contribution in [2.75, 3.05) is 20.2 Å². The fraction of sp³-hybridized carbons (Fsp3) is 0.250. The van der Waals surface area contributed by atoms with E-state index in [0.717, 1.165) is 11.3 Å². The molecule has 0 amide bonds. The highest BCUT2D eigenvalue weighted by Gasteiger charge is 1.99. The highest BCUT2D eigenvalue weighted by Crippen LogP contribution is 2.05. The van der Waals surface area contributed by atoms with Gasteiger partial charge in [0.1, 0.15) is 18.2 Å². The van der Waals surface area contributed by atoms with Gasteiger partial charge in [-0.15, -0.1) is 0 Å². The second-order valence-electron chi connectivity index (χ2n) is 4.52.